The second-order valence-corrected chi connectivity index (χ2v) is 10.3. The van der Waals surface area contributed by atoms with Gasteiger partial charge in [0, 0.05) is 5.56 Å². The fourth-order valence-corrected chi connectivity index (χ4v) is 4.88. The van der Waals surface area contributed by atoms with E-state index in [1.54, 1.807) is 49.6 Å². The summed E-state index contributed by atoms with van der Waals surface area (Å²) < 4.78 is 38.7. The number of hydrazone groups is 1. The van der Waals surface area contributed by atoms with Gasteiger partial charge in [-0.05, 0) is 60.9 Å². The van der Waals surface area contributed by atoms with Crippen molar-refractivity contribution in [2.75, 3.05) is 25.1 Å². The van der Waals surface area contributed by atoms with E-state index in [9.17, 15) is 13.2 Å². The molecular formula is C27H31N3O5S. The van der Waals surface area contributed by atoms with Crippen molar-refractivity contribution in [3.63, 3.8) is 0 Å². The molecule has 0 aromatic heterocycles. The van der Waals surface area contributed by atoms with Crippen molar-refractivity contribution in [1.29, 1.82) is 0 Å². The number of hydrogen-bond acceptors (Lipinski definition) is 6. The van der Waals surface area contributed by atoms with Crippen LogP contribution in [0.2, 0.25) is 0 Å². The second kappa shape index (κ2) is 11.7. The molecule has 36 heavy (non-hydrogen) atoms. The summed E-state index contributed by atoms with van der Waals surface area (Å²) in [4.78, 5) is 12.9. The lowest BCUT2D eigenvalue weighted by atomic mass is 10.0. The summed E-state index contributed by atoms with van der Waals surface area (Å²) in [6.07, 6.45) is 1.41. The Kier molecular flexibility index (Phi) is 8.71. The Morgan fingerprint density at radius 3 is 2.25 bits per heavy atom. The molecule has 0 saturated carbocycles. The highest BCUT2D eigenvalue weighted by atomic mass is 32.2. The Labute approximate surface area is 212 Å². The van der Waals surface area contributed by atoms with E-state index in [1.807, 2.05) is 19.1 Å². The number of nitrogens with one attached hydrogen (secondary N) is 1. The summed E-state index contributed by atoms with van der Waals surface area (Å²) in [5, 5.41) is 3.99. The van der Waals surface area contributed by atoms with E-state index < -0.39 is 22.5 Å². The van der Waals surface area contributed by atoms with Gasteiger partial charge in [-0.3, -0.25) is 9.10 Å². The monoisotopic (exact) mass is 509 g/mol. The van der Waals surface area contributed by atoms with Crippen molar-refractivity contribution >= 4 is 27.8 Å². The van der Waals surface area contributed by atoms with Crippen LogP contribution in [0.25, 0.3) is 0 Å². The SMILES string of the molecule is COc1ccc(OC)c(/C=N\NC(=O)CN(c2ccc(C(C)C)cc2)S(=O)(=O)c2ccc(C)cc2)c1. The molecule has 8 nitrogen and oxygen atoms in total. The average molecular weight is 510 g/mol. The van der Waals surface area contributed by atoms with E-state index in [0.29, 0.717) is 22.7 Å². The van der Waals surface area contributed by atoms with Crippen LogP contribution in [0.1, 0.15) is 36.5 Å². The lowest BCUT2D eigenvalue weighted by Gasteiger charge is -2.24. The Morgan fingerprint density at radius 2 is 1.67 bits per heavy atom. The van der Waals surface area contributed by atoms with Crippen LogP contribution in [-0.4, -0.2) is 41.3 Å². The van der Waals surface area contributed by atoms with E-state index in [2.05, 4.69) is 24.4 Å². The molecular weight excluding hydrogens is 478 g/mol. The quantitative estimate of drug-likeness (QED) is 0.321. The molecule has 0 spiro atoms. The van der Waals surface area contributed by atoms with Gasteiger partial charge in [-0.25, -0.2) is 13.8 Å². The third-order valence-electron chi connectivity index (χ3n) is 5.57. The molecule has 1 N–H and O–H groups in total. The first kappa shape index (κ1) is 26.7. The Balaban J connectivity index is 1.87. The number of hydrogen-bond donors (Lipinski definition) is 1. The van der Waals surface area contributed by atoms with Gasteiger partial charge >= 0.3 is 0 Å². The third-order valence-corrected chi connectivity index (χ3v) is 7.36. The molecule has 0 atom stereocenters. The third kappa shape index (κ3) is 6.42. The Morgan fingerprint density at radius 1 is 1.00 bits per heavy atom. The van der Waals surface area contributed by atoms with Gasteiger partial charge in [0.15, 0.2) is 0 Å². The van der Waals surface area contributed by atoms with Crippen LogP contribution in [0, 0.1) is 6.92 Å². The summed E-state index contributed by atoms with van der Waals surface area (Å²) in [6, 6.07) is 18.8. The molecule has 0 heterocycles. The molecule has 0 bridgehead atoms. The van der Waals surface area contributed by atoms with Crippen molar-refractivity contribution in [3.8, 4) is 11.5 Å². The maximum atomic E-state index is 13.5. The maximum absolute atomic E-state index is 13.5. The number of ether oxygens (including phenoxy) is 2. The molecule has 3 aromatic rings. The van der Waals surface area contributed by atoms with Gasteiger partial charge in [0.25, 0.3) is 15.9 Å². The minimum atomic E-state index is -4.01. The average Bonchev–Trinajstić information content (AvgIpc) is 2.87. The summed E-state index contributed by atoms with van der Waals surface area (Å²) in [7, 11) is -0.945. The van der Waals surface area contributed by atoms with Gasteiger partial charge in [0.05, 0.1) is 31.0 Å². The predicted molar refractivity (Wildman–Crippen MR) is 142 cm³/mol. The standard InChI is InChI=1S/C27H31N3O5S/c1-19(2)21-8-10-23(11-9-21)30(36(32,33)25-13-6-20(3)7-14-25)18-27(31)29-28-17-22-16-24(34-4)12-15-26(22)35-5/h6-17,19H,18H2,1-5H3,(H,29,31)/b28-17-. The van der Waals surface area contributed by atoms with E-state index >= 15 is 0 Å². The van der Waals surface area contributed by atoms with Crippen LogP contribution in [0.5, 0.6) is 11.5 Å². The van der Waals surface area contributed by atoms with Crippen LogP contribution in [0.3, 0.4) is 0 Å². The van der Waals surface area contributed by atoms with Crippen LogP contribution in [-0.2, 0) is 14.8 Å². The van der Waals surface area contributed by atoms with Crippen molar-refractivity contribution in [2.24, 2.45) is 5.10 Å². The molecule has 0 aliphatic heterocycles. The Hall–Kier alpha value is -3.85. The first-order valence-corrected chi connectivity index (χ1v) is 12.8. The lowest BCUT2D eigenvalue weighted by molar-refractivity contribution is -0.119. The van der Waals surface area contributed by atoms with Crippen LogP contribution < -0.4 is 19.2 Å². The van der Waals surface area contributed by atoms with Crippen molar-refractivity contribution < 1.29 is 22.7 Å². The molecule has 3 rings (SSSR count). The molecule has 0 fully saturated rings. The van der Waals surface area contributed by atoms with Crippen LogP contribution in [0.15, 0.2) is 76.7 Å². The summed E-state index contributed by atoms with van der Waals surface area (Å²) in [5.41, 5.74) is 5.38. The fraction of sp³-hybridized carbons (Fsp3) is 0.259. The molecule has 1 amide bonds. The molecule has 0 aliphatic rings. The summed E-state index contributed by atoms with van der Waals surface area (Å²) in [6.45, 7) is 5.53. The van der Waals surface area contributed by atoms with Gasteiger partial charge in [-0.2, -0.15) is 5.10 Å². The summed E-state index contributed by atoms with van der Waals surface area (Å²) in [5.74, 6) is 0.829. The number of sulfonamides is 1. The van der Waals surface area contributed by atoms with Gasteiger partial charge in [0.2, 0.25) is 0 Å². The van der Waals surface area contributed by atoms with E-state index in [0.717, 1.165) is 15.4 Å². The first-order valence-electron chi connectivity index (χ1n) is 11.4. The van der Waals surface area contributed by atoms with Gasteiger partial charge in [-0.15, -0.1) is 0 Å². The van der Waals surface area contributed by atoms with Crippen molar-refractivity contribution in [3.05, 3.63) is 83.4 Å². The topological polar surface area (TPSA) is 97.3 Å². The number of rotatable bonds is 10. The van der Waals surface area contributed by atoms with Crippen LogP contribution in [0.4, 0.5) is 5.69 Å². The second-order valence-electron chi connectivity index (χ2n) is 8.47. The summed E-state index contributed by atoms with van der Waals surface area (Å²) >= 11 is 0. The number of amides is 1. The van der Waals surface area contributed by atoms with Gasteiger partial charge < -0.3 is 9.47 Å². The van der Waals surface area contributed by atoms with Crippen molar-refractivity contribution in [1.82, 2.24) is 5.43 Å². The van der Waals surface area contributed by atoms with Gasteiger partial charge in [-0.1, -0.05) is 43.7 Å². The van der Waals surface area contributed by atoms with Crippen molar-refractivity contribution in [2.45, 2.75) is 31.6 Å². The molecule has 0 aliphatic carbocycles. The number of benzene rings is 3. The minimum Gasteiger partial charge on any atom is -0.497 e. The molecule has 190 valence electrons. The number of carbonyl (C=O) groups is 1. The Bertz CT molecular complexity index is 1320. The number of anilines is 1. The van der Waals surface area contributed by atoms with E-state index in [1.165, 1.54) is 25.5 Å². The molecule has 0 radical (unpaired) electrons. The molecule has 0 saturated heterocycles. The number of methoxy groups -OCH3 is 2. The predicted octanol–water partition coefficient (Wildman–Crippen LogP) is 4.48. The van der Waals surface area contributed by atoms with Gasteiger partial charge in [0.1, 0.15) is 18.0 Å². The highest BCUT2D eigenvalue weighted by Gasteiger charge is 2.27. The highest BCUT2D eigenvalue weighted by molar-refractivity contribution is 7.92. The largest absolute Gasteiger partial charge is 0.497 e. The fourth-order valence-electron chi connectivity index (χ4n) is 3.46. The highest BCUT2D eigenvalue weighted by Crippen LogP contribution is 2.26. The minimum absolute atomic E-state index is 0.0958. The maximum Gasteiger partial charge on any atom is 0.264 e. The molecule has 3 aromatic carbocycles. The zero-order valence-electron chi connectivity index (χ0n) is 21.1. The number of nitrogens with zero attached hydrogens (tertiary/aromatic N) is 2. The first-order chi connectivity index (χ1) is 17.1. The number of carbonyl (C=O) groups excluding carboxylic acids is 1. The molecule has 0 unspecified atom stereocenters. The zero-order chi connectivity index (χ0) is 26.3. The van der Waals surface area contributed by atoms with E-state index in [-0.39, 0.29) is 10.8 Å². The van der Waals surface area contributed by atoms with E-state index in [4.69, 9.17) is 9.47 Å². The molecule has 9 heteroatoms. The normalized spacial score (nSPS) is 11.5. The zero-order valence-corrected chi connectivity index (χ0v) is 21.9. The van der Waals surface area contributed by atoms with Crippen LogP contribution >= 0.6 is 0 Å². The number of aryl methyl sites for hydroxylation is 1. The lowest BCUT2D eigenvalue weighted by Crippen LogP contribution is -2.39. The smallest absolute Gasteiger partial charge is 0.264 e.